The van der Waals surface area contributed by atoms with Crippen LogP contribution in [0, 0.1) is 11.3 Å². The Morgan fingerprint density at radius 2 is 1.80 bits per heavy atom. The SMILES string of the molecule is CN1C(=O)N(c2ccc(C#N)c(C(F)(F)F)c2)C(=O)C1(CCCO)c1ccccc1. The largest absolute Gasteiger partial charge is 0.417 e. The van der Waals surface area contributed by atoms with E-state index in [1.807, 2.05) is 0 Å². The Hall–Kier alpha value is -3.38. The van der Waals surface area contributed by atoms with Crippen molar-refractivity contribution < 1.29 is 27.9 Å². The molecule has 2 aromatic rings. The van der Waals surface area contributed by atoms with Gasteiger partial charge in [-0.3, -0.25) is 4.79 Å². The van der Waals surface area contributed by atoms with Crippen LogP contribution < -0.4 is 4.90 Å². The van der Waals surface area contributed by atoms with E-state index in [1.54, 1.807) is 30.3 Å². The number of likely N-dealkylation sites (N-methyl/N-ethyl adjacent to an activating group) is 1. The number of alkyl halides is 3. The lowest BCUT2D eigenvalue weighted by Crippen LogP contribution is -2.45. The molecule has 0 bridgehead atoms. The minimum absolute atomic E-state index is 0.0908. The number of carbonyl (C=O) groups is 2. The van der Waals surface area contributed by atoms with Crippen molar-refractivity contribution in [1.29, 1.82) is 5.26 Å². The average molecular weight is 417 g/mol. The van der Waals surface area contributed by atoms with Crippen LogP contribution in [0.3, 0.4) is 0 Å². The van der Waals surface area contributed by atoms with Gasteiger partial charge in [-0.1, -0.05) is 30.3 Å². The number of aliphatic hydroxyl groups excluding tert-OH is 1. The summed E-state index contributed by atoms with van der Waals surface area (Å²) in [4.78, 5) is 28.4. The number of halogens is 3. The summed E-state index contributed by atoms with van der Waals surface area (Å²) in [6, 6.07) is 11.8. The first kappa shape index (κ1) is 21.3. The van der Waals surface area contributed by atoms with Crippen LogP contribution in [0.4, 0.5) is 23.7 Å². The number of aliphatic hydroxyl groups is 1. The van der Waals surface area contributed by atoms with Crippen LogP contribution in [0.15, 0.2) is 48.5 Å². The molecule has 0 radical (unpaired) electrons. The number of hydrogen-bond donors (Lipinski definition) is 1. The standard InChI is InChI=1S/C21H18F3N3O3/c1-26-19(30)27(16-9-8-14(13-25)17(12-16)21(22,23)24)18(29)20(26,10-5-11-28)15-6-3-2-4-7-15/h2-4,6-9,12,28H,5,10-11H2,1H3. The number of carbonyl (C=O) groups excluding carboxylic acids is 2. The van der Waals surface area contributed by atoms with Gasteiger partial charge < -0.3 is 10.0 Å². The van der Waals surface area contributed by atoms with Gasteiger partial charge in [-0.2, -0.15) is 18.4 Å². The summed E-state index contributed by atoms with van der Waals surface area (Å²) in [6.07, 6.45) is -4.53. The maximum absolute atomic E-state index is 13.5. The van der Waals surface area contributed by atoms with E-state index < -0.39 is 34.8 Å². The van der Waals surface area contributed by atoms with Crippen LogP contribution >= 0.6 is 0 Å². The highest BCUT2D eigenvalue weighted by molar-refractivity contribution is 6.23. The van der Waals surface area contributed by atoms with Crippen molar-refractivity contribution >= 4 is 17.6 Å². The average Bonchev–Trinajstić information content (AvgIpc) is 2.92. The summed E-state index contributed by atoms with van der Waals surface area (Å²) in [6.45, 7) is -0.223. The van der Waals surface area contributed by atoms with Gasteiger partial charge in [0.15, 0.2) is 0 Å². The first-order valence-electron chi connectivity index (χ1n) is 9.08. The van der Waals surface area contributed by atoms with E-state index in [0.29, 0.717) is 16.5 Å². The lowest BCUT2D eigenvalue weighted by atomic mass is 9.84. The predicted molar refractivity (Wildman–Crippen MR) is 101 cm³/mol. The molecule has 1 aliphatic heterocycles. The summed E-state index contributed by atoms with van der Waals surface area (Å²) in [5.74, 6) is -0.715. The molecule has 1 saturated heterocycles. The normalized spacial score (nSPS) is 19.3. The van der Waals surface area contributed by atoms with Gasteiger partial charge in [0, 0.05) is 13.7 Å². The molecule has 1 aliphatic rings. The van der Waals surface area contributed by atoms with Crippen molar-refractivity contribution in [2.45, 2.75) is 24.6 Å². The molecular weight excluding hydrogens is 399 g/mol. The highest BCUT2D eigenvalue weighted by atomic mass is 19.4. The van der Waals surface area contributed by atoms with E-state index in [9.17, 15) is 27.9 Å². The minimum atomic E-state index is -4.83. The Bertz CT molecular complexity index is 1020. The molecule has 2 aromatic carbocycles. The summed E-state index contributed by atoms with van der Waals surface area (Å²) in [5.41, 5.74) is -3.07. The molecule has 3 amide bonds. The van der Waals surface area contributed by atoms with Gasteiger partial charge in [-0.15, -0.1) is 0 Å². The first-order chi connectivity index (χ1) is 14.2. The van der Waals surface area contributed by atoms with E-state index in [4.69, 9.17) is 5.26 Å². The van der Waals surface area contributed by atoms with Crippen LogP contribution in [0.25, 0.3) is 0 Å². The maximum Gasteiger partial charge on any atom is 0.417 e. The van der Waals surface area contributed by atoms with Crippen LogP contribution in [0.5, 0.6) is 0 Å². The number of benzene rings is 2. The van der Waals surface area contributed by atoms with E-state index in [-0.39, 0.29) is 25.1 Å². The Labute approximate surface area is 170 Å². The fraction of sp³-hybridized carbons (Fsp3) is 0.286. The molecular formula is C21H18F3N3O3. The van der Waals surface area contributed by atoms with E-state index >= 15 is 0 Å². The van der Waals surface area contributed by atoms with Crippen LogP contribution in [-0.2, 0) is 16.5 Å². The van der Waals surface area contributed by atoms with E-state index in [1.165, 1.54) is 18.0 Å². The third-order valence-corrected chi connectivity index (χ3v) is 5.24. The molecule has 0 saturated carbocycles. The first-order valence-corrected chi connectivity index (χ1v) is 9.08. The fourth-order valence-electron chi connectivity index (χ4n) is 3.74. The maximum atomic E-state index is 13.5. The summed E-state index contributed by atoms with van der Waals surface area (Å²) in [5, 5.41) is 18.3. The molecule has 6 nitrogen and oxygen atoms in total. The number of anilines is 1. The molecule has 30 heavy (non-hydrogen) atoms. The summed E-state index contributed by atoms with van der Waals surface area (Å²) < 4.78 is 40.1. The van der Waals surface area contributed by atoms with Gasteiger partial charge in [-0.25, -0.2) is 9.69 Å². The Kier molecular flexibility index (Phi) is 5.55. The number of imide groups is 1. The second-order valence-electron chi connectivity index (χ2n) is 6.88. The van der Waals surface area contributed by atoms with Gasteiger partial charge in [-0.05, 0) is 36.6 Å². The predicted octanol–water partition coefficient (Wildman–Crippen LogP) is 3.64. The highest BCUT2D eigenvalue weighted by Gasteiger charge is 2.57. The van der Waals surface area contributed by atoms with Gasteiger partial charge in [0.2, 0.25) is 0 Å². The van der Waals surface area contributed by atoms with Crippen molar-refractivity contribution in [3.63, 3.8) is 0 Å². The molecule has 1 N–H and O–H groups in total. The smallest absolute Gasteiger partial charge is 0.396 e. The number of amides is 3. The zero-order valence-electron chi connectivity index (χ0n) is 16.0. The molecule has 1 fully saturated rings. The zero-order valence-corrected chi connectivity index (χ0v) is 16.0. The second kappa shape index (κ2) is 7.80. The van der Waals surface area contributed by atoms with Crippen molar-refractivity contribution in [2.24, 2.45) is 0 Å². The van der Waals surface area contributed by atoms with Gasteiger partial charge in [0.05, 0.1) is 22.9 Å². The monoisotopic (exact) mass is 417 g/mol. The lowest BCUT2D eigenvalue weighted by molar-refractivity contribution is -0.137. The van der Waals surface area contributed by atoms with E-state index in [2.05, 4.69) is 0 Å². The Morgan fingerprint density at radius 1 is 1.13 bits per heavy atom. The number of hydrogen-bond acceptors (Lipinski definition) is 4. The van der Waals surface area contributed by atoms with Crippen molar-refractivity contribution in [1.82, 2.24) is 4.90 Å². The number of nitrogens with zero attached hydrogens (tertiary/aromatic N) is 3. The van der Waals surface area contributed by atoms with Gasteiger partial charge in [0.25, 0.3) is 5.91 Å². The molecule has 1 heterocycles. The number of urea groups is 1. The molecule has 3 rings (SSSR count). The van der Waals surface area contributed by atoms with Crippen LogP contribution in [0.1, 0.15) is 29.5 Å². The second-order valence-corrected chi connectivity index (χ2v) is 6.88. The third-order valence-electron chi connectivity index (χ3n) is 5.24. The minimum Gasteiger partial charge on any atom is -0.396 e. The zero-order chi connectivity index (χ0) is 22.1. The fourth-order valence-corrected chi connectivity index (χ4v) is 3.74. The molecule has 0 spiro atoms. The molecule has 156 valence electrons. The van der Waals surface area contributed by atoms with Crippen molar-refractivity contribution in [3.8, 4) is 6.07 Å². The highest BCUT2D eigenvalue weighted by Crippen LogP contribution is 2.43. The summed E-state index contributed by atoms with van der Waals surface area (Å²) in [7, 11) is 1.40. The topological polar surface area (TPSA) is 84.6 Å². The van der Waals surface area contributed by atoms with Gasteiger partial charge in [0.1, 0.15) is 5.54 Å². The van der Waals surface area contributed by atoms with Crippen LogP contribution in [-0.4, -0.2) is 35.6 Å². The molecule has 1 unspecified atom stereocenters. The quantitative estimate of drug-likeness (QED) is 0.753. The lowest BCUT2D eigenvalue weighted by Gasteiger charge is -2.33. The van der Waals surface area contributed by atoms with Crippen molar-refractivity contribution in [2.75, 3.05) is 18.6 Å². The Balaban J connectivity index is 2.16. The van der Waals surface area contributed by atoms with Gasteiger partial charge >= 0.3 is 12.2 Å². The molecule has 1 atom stereocenters. The molecule has 9 heteroatoms. The third kappa shape index (κ3) is 3.29. The number of rotatable bonds is 5. The summed E-state index contributed by atoms with van der Waals surface area (Å²) >= 11 is 0. The van der Waals surface area contributed by atoms with Crippen molar-refractivity contribution in [3.05, 3.63) is 65.2 Å². The molecule has 0 aromatic heterocycles. The number of nitriles is 1. The van der Waals surface area contributed by atoms with E-state index in [0.717, 1.165) is 12.1 Å². The molecule has 0 aliphatic carbocycles. The van der Waals surface area contributed by atoms with Crippen LogP contribution in [0.2, 0.25) is 0 Å². The Morgan fingerprint density at radius 3 is 2.37 bits per heavy atom.